The molecule has 102 valence electrons. The van der Waals surface area contributed by atoms with Crippen molar-refractivity contribution in [2.45, 2.75) is 33.2 Å². The normalized spacial score (nSPS) is 12.6. The summed E-state index contributed by atoms with van der Waals surface area (Å²) in [6, 6.07) is 11.5. The Morgan fingerprint density at radius 3 is 2.63 bits per heavy atom. The molecule has 2 rings (SSSR count). The third-order valence-corrected chi connectivity index (χ3v) is 5.41. The molecular weight excluding hydrogens is 318 g/mol. The molecule has 19 heavy (non-hydrogen) atoms. The maximum atomic E-state index is 3.56. The summed E-state index contributed by atoms with van der Waals surface area (Å²) in [6.45, 7) is 7.55. The van der Waals surface area contributed by atoms with Gasteiger partial charge in [0, 0.05) is 20.3 Å². The third-order valence-electron chi connectivity index (χ3n) is 3.27. The molecule has 1 nitrogen and oxygen atoms in total. The number of hydrogen-bond acceptors (Lipinski definition) is 2. The van der Waals surface area contributed by atoms with Gasteiger partial charge in [-0.1, -0.05) is 35.8 Å². The summed E-state index contributed by atoms with van der Waals surface area (Å²) < 4.78 is 1.17. The van der Waals surface area contributed by atoms with Gasteiger partial charge in [0.25, 0.3) is 0 Å². The predicted molar refractivity (Wildman–Crippen MR) is 88.9 cm³/mol. The number of benzene rings is 1. The van der Waals surface area contributed by atoms with E-state index in [1.165, 1.54) is 25.4 Å². The second-order valence-corrected chi connectivity index (χ2v) is 6.65. The van der Waals surface area contributed by atoms with Gasteiger partial charge in [-0.3, -0.25) is 0 Å². The van der Waals surface area contributed by atoms with E-state index in [-0.39, 0.29) is 0 Å². The minimum atomic E-state index is 0.486. The third kappa shape index (κ3) is 3.47. The molecule has 0 bridgehead atoms. The van der Waals surface area contributed by atoms with E-state index < -0.39 is 0 Å². The van der Waals surface area contributed by atoms with Crippen molar-refractivity contribution in [2.75, 3.05) is 6.54 Å². The van der Waals surface area contributed by atoms with Crippen LogP contribution in [0.15, 0.2) is 34.8 Å². The van der Waals surface area contributed by atoms with Gasteiger partial charge >= 0.3 is 0 Å². The summed E-state index contributed by atoms with van der Waals surface area (Å²) in [4.78, 5) is 2.78. The lowest BCUT2D eigenvalue weighted by atomic mass is 10.1. The summed E-state index contributed by atoms with van der Waals surface area (Å²) in [6.07, 6.45) is 1.13. The van der Waals surface area contributed by atoms with E-state index in [4.69, 9.17) is 0 Å². The Labute approximate surface area is 128 Å². The molecule has 0 saturated heterocycles. The average molecular weight is 338 g/mol. The summed E-state index contributed by atoms with van der Waals surface area (Å²) in [7, 11) is 0. The van der Waals surface area contributed by atoms with E-state index in [2.05, 4.69) is 72.3 Å². The van der Waals surface area contributed by atoms with E-state index in [1.807, 2.05) is 11.3 Å². The average Bonchev–Trinajstić information content (AvgIpc) is 2.88. The Kier molecular flexibility index (Phi) is 5.20. The Hall–Kier alpha value is -0.640. The topological polar surface area (TPSA) is 12.0 Å². The molecule has 1 N–H and O–H groups in total. The van der Waals surface area contributed by atoms with Crippen molar-refractivity contribution in [3.05, 3.63) is 45.2 Å². The Bertz CT molecular complexity index is 547. The van der Waals surface area contributed by atoms with Crippen LogP contribution in [0.3, 0.4) is 0 Å². The number of rotatable bonds is 5. The van der Waals surface area contributed by atoms with E-state index in [0.29, 0.717) is 6.04 Å². The zero-order valence-corrected chi connectivity index (χ0v) is 14.1. The second-order valence-electron chi connectivity index (χ2n) is 4.68. The number of halogens is 1. The minimum Gasteiger partial charge on any atom is -0.310 e. The zero-order valence-electron chi connectivity index (χ0n) is 11.7. The molecule has 2 aromatic rings. The van der Waals surface area contributed by atoms with Crippen LogP contribution >= 0.6 is 27.3 Å². The number of aryl methyl sites for hydroxylation is 1. The van der Waals surface area contributed by atoms with Crippen LogP contribution in [0.4, 0.5) is 0 Å². The zero-order chi connectivity index (χ0) is 13.8. The fourth-order valence-corrected chi connectivity index (χ4v) is 3.60. The summed E-state index contributed by atoms with van der Waals surface area (Å²) >= 11 is 5.45. The highest BCUT2D eigenvalue weighted by molar-refractivity contribution is 9.10. The number of thiophene rings is 1. The minimum absolute atomic E-state index is 0.486. The highest BCUT2D eigenvalue weighted by atomic mass is 79.9. The monoisotopic (exact) mass is 337 g/mol. The summed E-state index contributed by atoms with van der Waals surface area (Å²) in [5.74, 6) is 0. The molecule has 0 aliphatic rings. The molecule has 3 heteroatoms. The molecular formula is C16H20BrNS. The highest BCUT2D eigenvalue weighted by Crippen LogP contribution is 2.34. The Morgan fingerprint density at radius 1 is 1.21 bits per heavy atom. The van der Waals surface area contributed by atoms with E-state index >= 15 is 0 Å². The lowest BCUT2D eigenvalue weighted by molar-refractivity contribution is 0.545. The van der Waals surface area contributed by atoms with Crippen LogP contribution in [0.2, 0.25) is 0 Å². The number of hydrogen-bond donors (Lipinski definition) is 1. The molecule has 0 saturated carbocycles. The first-order valence-electron chi connectivity index (χ1n) is 6.75. The fourth-order valence-electron chi connectivity index (χ4n) is 2.19. The standard InChI is InChI=1S/C16H20BrNS/c1-4-14(18-5-2)16-9-8-15(19-16)12-6-7-13(17)11(3)10-12/h6-10,14,18H,4-5H2,1-3H3. The van der Waals surface area contributed by atoms with Gasteiger partial charge < -0.3 is 5.32 Å². The van der Waals surface area contributed by atoms with Gasteiger partial charge in [0.05, 0.1) is 0 Å². The molecule has 0 fully saturated rings. The largest absolute Gasteiger partial charge is 0.310 e. The van der Waals surface area contributed by atoms with Crippen LogP contribution in [0.5, 0.6) is 0 Å². The first-order valence-corrected chi connectivity index (χ1v) is 8.36. The van der Waals surface area contributed by atoms with Crippen LogP contribution in [0, 0.1) is 6.92 Å². The van der Waals surface area contributed by atoms with Crippen LogP contribution < -0.4 is 5.32 Å². The first kappa shape index (κ1) is 14.8. The lowest BCUT2D eigenvalue weighted by Gasteiger charge is -2.13. The molecule has 1 aromatic carbocycles. The van der Waals surface area contributed by atoms with Gasteiger partial charge in [0.2, 0.25) is 0 Å². The molecule has 0 aliphatic heterocycles. The highest BCUT2D eigenvalue weighted by Gasteiger charge is 2.11. The maximum Gasteiger partial charge on any atom is 0.0412 e. The van der Waals surface area contributed by atoms with E-state index in [1.54, 1.807) is 0 Å². The van der Waals surface area contributed by atoms with Crippen LogP contribution in [-0.4, -0.2) is 6.54 Å². The van der Waals surface area contributed by atoms with Gasteiger partial charge in [-0.2, -0.15) is 0 Å². The fraction of sp³-hybridized carbons (Fsp3) is 0.375. The lowest BCUT2D eigenvalue weighted by Crippen LogP contribution is -2.18. The van der Waals surface area contributed by atoms with Crippen molar-refractivity contribution in [3.63, 3.8) is 0 Å². The second kappa shape index (κ2) is 6.69. The molecule has 1 unspecified atom stereocenters. The smallest absolute Gasteiger partial charge is 0.0412 e. The van der Waals surface area contributed by atoms with Crippen molar-refractivity contribution >= 4 is 27.3 Å². The maximum absolute atomic E-state index is 3.56. The Morgan fingerprint density at radius 2 is 2.00 bits per heavy atom. The Balaban J connectivity index is 2.27. The molecule has 1 heterocycles. The van der Waals surface area contributed by atoms with E-state index in [0.717, 1.165) is 13.0 Å². The SMILES string of the molecule is CCNC(CC)c1ccc(-c2ccc(Br)c(C)c2)s1. The van der Waals surface area contributed by atoms with Gasteiger partial charge in [0.1, 0.15) is 0 Å². The molecule has 0 amide bonds. The predicted octanol–water partition coefficient (Wildman–Crippen LogP) is 5.55. The van der Waals surface area contributed by atoms with Crippen molar-refractivity contribution in [3.8, 4) is 10.4 Å². The summed E-state index contributed by atoms with van der Waals surface area (Å²) in [5.41, 5.74) is 2.59. The molecule has 0 spiro atoms. The van der Waals surface area contributed by atoms with Crippen LogP contribution in [-0.2, 0) is 0 Å². The first-order chi connectivity index (χ1) is 9.15. The van der Waals surface area contributed by atoms with Gasteiger partial charge in [0.15, 0.2) is 0 Å². The van der Waals surface area contributed by atoms with Crippen molar-refractivity contribution in [1.82, 2.24) is 5.32 Å². The van der Waals surface area contributed by atoms with Crippen LogP contribution in [0.1, 0.15) is 36.8 Å². The summed E-state index contributed by atoms with van der Waals surface area (Å²) in [5, 5.41) is 3.54. The molecule has 1 aromatic heterocycles. The van der Waals surface area contributed by atoms with Crippen LogP contribution in [0.25, 0.3) is 10.4 Å². The van der Waals surface area contributed by atoms with Gasteiger partial charge in [-0.15, -0.1) is 11.3 Å². The van der Waals surface area contributed by atoms with Crippen molar-refractivity contribution < 1.29 is 0 Å². The van der Waals surface area contributed by atoms with Crippen molar-refractivity contribution in [1.29, 1.82) is 0 Å². The van der Waals surface area contributed by atoms with E-state index in [9.17, 15) is 0 Å². The van der Waals surface area contributed by atoms with Gasteiger partial charge in [-0.05, 0) is 55.3 Å². The molecule has 0 radical (unpaired) electrons. The quantitative estimate of drug-likeness (QED) is 0.754. The molecule has 1 atom stereocenters. The van der Waals surface area contributed by atoms with Crippen molar-refractivity contribution in [2.24, 2.45) is 0 Å². The molecule has 0 aliphatic carbocycles. The number of nitrogens with one attached hydrogen (secondary N) is 1. The van der Waals surface area contributed by atoms with Gasteiger partial charge in [-0.25, -0.2) is 0 Å².